The minimum absolute atomic E-state index is 0. The van der Waals surface area contributed by atoms with Crippen LogP contribution in [-0.2, 0) is 14.3 Å². The molecule has 8 heteroatoms. The van der Waals surface area contributed by atoms with Crippen molar-refractivity contribution >= 4 is 36.7 Å². The van der Waals surface area contributed by atoms with Crippen molar-refractivity contribution in [3.8, 4) is 0 Å². The first kappa shape index (κ1) is 23.5. The summed E-state index contributed by atoms with van der Waals surface area (Å²) in [6.07, 6.45) is 2.21. The van der Waals surface area contributed by atoms with Crippen LogP contribution in [0.4, 0.5) is 0 Å². The van der Waals surface area contributed by atoms with Crippen LogP contribution in [0.1, 0.15) is 33.1 Å². The fourth-order valence-corrected chi connectivity index (χ4v) is 1.29. The van der Waals surface area contributed by atoms with E-state index in [-0.39, 0.29) is 30.7 Å². The molecule has 6 nitrogen and oxygen atoms in total. The fourth-order valence-electron chi connectivity index (χ4n) is 1.29. The monoisotopic (exact) mass is 317 g/mol. The molecule has 0 saturated carbocycles. The maximum atomic E-state index is 11.6. The van der Waals surface area contributed by atoms with Gasteiger partial charge in [-0.1, -0.05) is 6.42 Å². The average molecular weight is 318 g/mol. The topological polar surface area (TPSA) is 107 Å². The fraction of sp³-hybridized carbons (Fsp3) is 0.818. The van der Waals surface area contributed by atoms with Crippen LogP contribution in [0, 0.1) is 0 Å². The van der Waals surface area contributed by atoms with Crippen LogP contribution in [0.5, 0.6) is 0 Å². The van der Waals surface area contributed by atoms with Gasteiger partial charge in [0.05, 0.1) is 12.6 Å². The Morgan fingerprint density at radius 3 is 2.32 bits per heavy atom. The summed E-state index contributed by atoms with van der Waals surface area (Å²) in [4.78, 5) is 22.8. The molecule has 0 unspecified atom stereocenters. The van der Waals surface area contributed by atoms with E-state index in [1.54, 1.807) is 13.8 Å². The third-order valence-corrected chi connectivity index (χ3v) is 2.30. The number of unbranched alkanes of at least 4 members (excludes halogenated alkanes) is 1. The minimum atomic E-state index is -0.664. The van der Waals surface area contributed by atoms with Gasteiger partial charge in [-0.2, -0.15) is 0 Å². The summed E-state index contributed by atoms with van der Waals surface area (Å²) in [5, 5.41) is 2.52. The molecule has 0 bridgehead atoms. The van der Waals surface area contributed by atoms with Gasteiger partial charge >= 0.3 is 5.97 Å². The number of esters is 1. The Kier molecular flexibility index (Phi) is 17.2. The van der Waals surface area contributed by atoms with Gasteiger partial charge in [0, 0.05) is 0 Å². The predicted molar refractivity (Wildman–Crippen MR) is 79.6 cm³/mol. The number of carbonyl (C=O) groups excluding carboxylic acids is 2. The Hall–Kier alpha value is -0.560. The van der Waals surface area contributed by atoms with Gasteiger partial charge in [0.15, 0.2) is 0 Å². The second kappa shape index (κ2) is 13.9. The maximum Gasteiger partial charge on any atom is 0.328 e. The van der Waals surface area contributed by atoms with Crippen LogP contribution in [-0.4, -0.2) is 37.1 Å². The lowest BCUT2D eigenvalue weighted by molar-refractivity contribution is -0.147. The van der Waals surface area contributed by atoms with E-state index in [9.17, 15) is 9.59 Å². The number of nitrogens with two attached hydrogens (primary N) is 2. The molecular formula is C11H25Cl2N3O3. The molecule has 5 N–H and O–H groups in total. The van der Waals surface area contributed by atoms with Crippen LogP contribution < -0.4 is 16.8 Å². The molecule has 0 fully saturated rings. The lowest BCUT2D eigenvalue weighted by Gasteiger charge is -2.16. The van der Waals surface area contributed by atoms with Crippen molar-refractivity contribution in [1.29, 1.82) is 0 Å². The SMILES string of the molecule is CCOC(=O)[C@H](C)NC(=O)[C@@H](N)CCCCN.Cl.Cl. The lowest BCUT2D eigenvalue weighted by atomic mass is 10.1. The summed E-state index contributed by atoms with van der Waals surface area (Å²) in [6, 6.07) is -1.26. The highest BCUT2D eigenvalue weighted by molar-refractivity contribution is 5.87. The molecule has 0 aliphatic rings. The summed E-state index contributed by atoms with van der Waals surface area (Å²) in [6.45, 7) is 4.17. The third kappa shape index (κ3) is 11.0. The molecule has 0 aromatic carbocycles. The number of rotatable bonds is 8. The van der Waals surface area contributed by atoms with Crippen molar-refractivity contribution in [3.05, 3.63) is 0 Å². The van der Waals surface area contributed by atoms with Crippen LogP contribution in [0.25, 0.3) is 0 Å². The quantitative estimate of drug-likeness (QED) is 0.442. The summed E-state index contributed by atoms with van der Waals surface area (Å²) < 4.78 is 4.77. The van der Waals surface area contributed by atoms with Crippen LogP contribution in [0.2, 0.25) is 0 Å². The van der Waals surface area contributed by atoms with E-state index < -0.39 is 18.1 Å². The zero-order chi connectivity index (χ0) is 13.3. The van der Waals surface area contributed by atoms with Crippen LogP contribution in [0.3, 0.4) is 0 Å². The Morgan fingerprint density at radius 1 is 1.26 bits per heavy atom. The summed E-state index contributed by atoms with van der Waals surface area (Å²) in [7, 11) is 0. The summed E-state index contributed by atoms with van der Waals surface area (Å²) in [5.41, 5.74) is 11.0. The van der Waals surface area contributed by atoms with Crippen molar-refractivity contribution in [2.45, 2.75) is 45.2 Å². The Labute approximate surface area is 126 Å². The lowest BCUT2D eigenvalue weighted by Crippen LogP contribution is -2.47. The van der Waals surface area contributed by atoms with Gasteiger partial charge in [0.1, 0.15) is 6.04 Å². The van der Waals surface area contributed by atoms with E-state index in [1.807, 2.05) is 0 Å². The number of nitrogens with one attached hydrogen (secondary N) is 1. The van der Waals surface area contributed by atoms with E-state index in [0.717, 1.165) is 12.8 Å². The van der Waals surface area contributed by atoms with Crippen molar-refractivity contribution in [3.63, 3.8) is 0 Å². The number of hydrogen-bond donors (Lipinski definition) is 3. The molecular weight excluding hydrogens is 293 g/mol. The number of hydrogen-bond acceptors (Lipinski definition) is 5. The molecule has 0 rings (SSSR count). The second-order valence-corrected chi connectivity index (χ2v) is 3.87. The molecule has 0 spiro atoms. The Balaban J connectivity index is -0.00000128. The Bertz CT molecular complexity index is 255. The van der Waals surface area contributed by atoms with Crippen molar-refractivity contribution in [2.24, 2.45) is 11.5 Å². The first-order chi connectivity index (χ1) is 8.02. The highest BCUT2D eigenvalue weighted by Crippen LogP contribution is 1.99. The van der Waals surface area contributed by atoms with Gasteiger partial charge in [-0.25, -0.2) is 4.79 Å². The number of ether oxygens (including phenoxy) is 1. The smallest absolute Gasteiger partial charge is 0.328 e. The maximum absolute atomic E-state index is 11.6. The molecule has 0 radical (unpaired) electrons. The van der Waals surface area contributed by atoms with Gasteiger partial charge < -0.3 is 21.5 Å². The van der Waals surface area contributed by atoms with Gasteiger partial charge in [-0.05, 0) is 33.2 Å². The molecule has 0 aliphatic carbocycles. The molecule has 0 heterocycles. The van der Waals surface area contributed by atoms with Crippen LogP contribution >= 0.6 is 24.8 Å². The number of carbonyl (C=O) groups is 2. The van der Waals surface area contributed by atoms with Gasteiger partial charge in [-0.3, -0.25) is 4.79 Å². The first-order valence-electron chi connectivity index (χ1n) is 5.95. The van der Waals surface area contributed by atoms with E-state index in [2.05, 4.69) is 5.32 Å². The van der Waals surface area contributed by atoms with Crippen molar-refractivity contribution in [1.82, 2.24) is 5.32 Å². The van der Waals surface area contributed by atoms with Gasteiger partial charge in [-0.15, -0.1) is 24.8 Å². The second-order valence-electron chi connectivity index (χ2n) is 3.87. The van der Waals surface area contributed by atoms with E-state index in [4.69, 9.17) is 16.2 Å². The molecule has 1 amide bonds. The van der Waals surface area contributed by atoms with E-state index >= 15 is 0 Å². The van der Waals surface area contributed by atoms with Gasteiger partial charge in [0.25, 0.3) is 0 Å². The third-order valence-electron chi connectivity index (χ3n) is 2.30. The summed E-state index contributed by atoms with van der Waals surface area (Å²) >= 11 is 0. The largest absolute Gasteiger partial charge is 0.464 e. The van der Waals surface area contributed by atoms with Crippen molar-refractivity contribution < 1.29 is 14.3 Å². The van der Waals surface area contributed by atoms with Crippen molar-refractivity contribution in [2.75, 3.05) is 13.2 Å². The Morgan fingerprint density at radius 2 is 1.84 bits per heavy atom. The number of amides is 1. The molecule has 2 atom stereocenters. The zero-order valence-electron chi connectivity index (χ0n) is 11.4. The average Bonchev–Trinajstić information content (AvgIpc) is 2.29. The summed E-state index contributed by atoms with van der Waals surface area (Å²) in [5.74, 6) is -0.780. The molecule has 0 aliphatic heterocycles. The number of halogens is 2. The highest BCUT2D eigenvalue weighted by Gasteiger charge is 2.20. The van der Waals surface area contributed by atoms with E-state index in [1.165, 1.54) is 0 Å². The molecule has 0 aromatic heterocycles. The predicted octanol–water partition coefficient (Wildman–Crippen LogP) is 0.354. The normalized spacial score (nSPS) is 12.4. The molecule has 116 valence electrons. The van der Waals surface area contributed by atoms with E-state index in [0.29, 0.717) is 19.6 Å². The minimum Gasteiger partial charge on any atom is -0.464 e. The molecule has 19 heavy (non-hydrogen) atoms. The standard InChI is InChI=1S/C11H23N3O3.2ClH/c1-3-17-11(16)8(2)14-10(15)9(13)6-4-5-7-12;;/h8-9H,3-7,12-13H2,1-2H3,(H,14,15);2*1H/t8-,9-;;/m0../s1. The first-order valence-corrected chi connectivity index (χ1v) is 5.95. The van der Waals surface area contributed by atoms with Crippen LogP contribution in [0.15, 0.2) is 0 Å². The molecule has 0 saturated heterocycles. The van der Waals surface area contributed by atoms with Gasteiger partial charge in [0.2, 0.25) is 5.91 Å². The molecule has 0 aromatic rings. The highest BCUT2D eigenvalue weighted by atomic mass is 35.5. The zero-order valence-corrected chi connectivity index (χ0v) is 13.0.